The van der Waals surface area contributed by atoms with E-state index in [1.807, 2.05) is 31.1 Å². The Morgan fingerprint density at radius 1 is 1.12 bits per heavy atom. The number of aryl methyl sites for hydroxylation is 2. The molecule has 0 saturated carbocycles. The Bertz CT molecular complexity index is 325. The quantitative estimate of drug-likeness (QED) is 0.725. The number of hydrogen-bond donors (Lipinski definition) is 1. The highest BCUT2D eigenvalue weighted by atomic mass is 15.0. The molecule has 0 atom stereocenters. The van der Waals surface area contributed by atoms with Crippen molar-refractivity contribution in [3.63, 3.8) is 0 Å². The molecular weight excluding hydrogens is 200 g/mol. The van der Waals surface area contributed by atoms with Gasteiger partial charge in [0.15, 0.2) is 0 Å². The van der Waals surface area contributed by atoms with Crippen molar-refractivity contribution in [1.29, 1.82) is 0 Å². The Morgan fingerprint density at radius 2 is 2.06 bits per heavy atom. The van der Waals surface area contributed by atoms with Crippen LogP contribution < -0.4 is 0 Å². The minimum Gasteiger partial charge on any atom is -0.349 e. The Kier molecular flexibility index (Phi) is 4.16. The molecular formula is C12H18N4. The fourth-order valence-corrected chi connectivity index (χ4v) is 1.79. The fraction of sp³-hybridized carbons (Fsp3) is 0.500. The first-order valence-electron chi connectivity index (χ1n) is 5.89. The molecule has 2 heterocycles. The first-order chi connectivity index (χ1) is 7.95. The van der Waals surface area contributed by atoms with Crippen LogP contribution in [0.5, 0.6) is 0 Å². The van der Waals surface area contributed by atoms with Gasteiger partial charge in [0, 0.05) is 37.8 Å². The summed E-state index contributed by atoms with van der Waals surface area (Å²) in [6.45, 7) is 1.08. The number of rotatable bonds is 7. The van der Waals surface area contributed by atoms with E-state index in [0.717, 1.165) is 18.8 Å². The van der Waals surface area contributed by atoms with Crippen LogP contribution in [-0.4, -0.2) is 19.5 Å². The van der Waals surface area contributed by atoms with E-state index in [-0.39, 0.29) is 0 Å². The van der Waals surface area contributed by atoms with Crippen molar-refractivity contribution in [3.05, 3.63) is 36.9 Å². The van der Waals surface area contributed by atoms with E-state index in [0.29, 0.717) is 0 Å². The van der Waals surface area contributed by atoms with Gasteiger partial charge >= 0.3 is 0 Å². The summed E-state index contributed by atoms with van der Waals surface area (Å²) in [6, 6.07) is 0. The third kappa shape index (κ3) is 3.53. The van der Waals surface area contributed by atoms with E-state index < -0.39 is 0 Å². The van der Waals surface area contributed by atoms with Crippen molar-refractivity contribution in [2.45, 2.75) is 38.6 Å². The monoisotopic (exact) mass is 218 g/mol. The molecule has 0 aliphatic rings. The number of nitrogens with one attached hydrogen (secondary N) is 1. The summed E-state index contributed by atoms with van der Waals surface area (Å²) < 4.78 is 2.13. The third-order valence-corrected chi connectivity index (χ3v) is 2.69. The van der Waals surface area contributed by atoms with Crippen molar-refractivity contribution in [2.75, 3.05) is 0 Å². The van der Waals surface area contributed by atoms with Crippen LogP contribution in [0.3, 0.4) is 0 Å². The molecule has 1 N–H and O–H groups in total. The lowest BCUT2D eigenvalue weighted by Crippen LogP contribution is -1.94. The lowest BCUT2D eigenvalue weighted by Gasteiger charge is -2.01. The van der Waals surface area contributed by atoms with Crippen LogP contribution in [0, 0.1) is 0 Å². The Morgan fingerprint density at radius 3 is 2.81 bits per heavy atom. The molecule has 0 amide bonds. The first-order valence-corrected chi connectivity index (χ1v) is 5.89. The lowest BCUT2D eigenvalue weighted by atomic mass is 10.1. The molecule has 0 aromatic carbocycles. The molecule has 0 spiro atoms. The fourth-order valence-electron chi connectivity index (χ4n) is 1.79. The van der Waals surface area contributed by atoms with Gasteiger partial charge < -0.3 is 9.55 Å². The summed E-state index contributed by atoms with van der Waals surface area (Å²) in [4.78, 5) is 11.4. The normalized spacial score (nSPS) is 10.8. The zero-order chi connectivity index (χ0) is 11.1. The minimum absolute atomic E-state index is 1.07. The molecule has 2 rings (SSSR count). The summed E-state index contributed by atoms with van der Waals surface area (Å²) in [5.41, 5.74) is 0. The molecule has 0 saturated heterocycles. The van der Waals surface area contributed by atoms with E-state index in [1.165, 1.54) is 25.7 Å². The van der Waals surface area contributed by atoms with Gasteiger partial charge in [0.05, 0.1) is 6.33 Å². The van der Waals surface area contributed by atoms with Crippen molar-refractivity contribution >= 4 is 0 Å². The molecule has 86 valence electrons. The van der Waals surface area contributed by atoms with Crippen LogP contribution in [0.25, 0.3) is 0 Å². The van der Waals surface area contributed by atoms with E-state index >= 15 is 0 Å². The molecule has 0 bridgehead atoms. The van der Waals surface area contributed by atoms with Gasteiger partial charge in [-0.3, -0.25) is 0 Å². The molecule has 2 aromatic heterocycles. The highest BCUT2D eigenvalue weighted by Crippen LogP contribution is 2.05. The number of aromatic amines is 1. The highest BCUT2D eigenvalue weighted by Gasteiger charge is 1.95. The van der Waals surface area contributed by atoms with Crippen LogP contribution >= 0.6 is 0 Å². The lowest BCUT2D eigenvalue weighted by molar-refractivity contribution is 0.568. The van der Waals surface area contributed by atoms with Crippen LogP contribution in [0.4, 0.5) is 0 Å². The van der Waals surface area contributed by atoms with E-state index in [2.05, 4.69) is 19.5 Å². The molecule has 2 aromatic rings. The Labute approximate surface area is 95.7 Å². The minimum atomic E-state index is 1.07. The Balaban J connectivity index is 1.49. The van der Waals surface area contributed by atoms with Crippen LogP contribution in [-0.2, 0) is 13.0 Å². The first kappa shape index (κ1) is 10.9. The van der Waals surface area contributed by atoms with Crippen molar-refractivity contribution in [3.8, 4) is 0 Å². The second-order valence-corrected chi connectivity index (χ2v) is 4.00. The molecule has 16 heavy (non-hydrogen) atoms. The summed E-state index contributed by atoms with van der Waals surface area (Å²) in [7, 11) is 0. The number of unbranched alkanes of at least 4 members (excludes halogenated alkanes) is 3. The number of aromatic nitrogens is 4. The second kappa shape index (κ2) is 6.10. The van der Waals surface area contributed by atoms with E-state index in [1.54, 1.807) is 0 Å². The number of hydrogen-bond acceptors (Lipinski definition) is 2. The van der Waals surface area contributed by atoms with Crippen molar-refractivity contribution < 1.29 is 0 Å². The van der Waals surface area contributed by atoms with Gasteiger partial charge in [-0.2, -0.15) is 0 Å². The number of imidazole rings is 2. The third-order valence-electron chi connectivity index (χ3n) is 2.69. The van der Waals surface area contributed by atoms with Gasteiger partial charge in [0.2, 0.25) is 0 Å². The number of H-pyrrole nitrogens is 1. The molecule has 0 aliphatic heterocycles. The van der Waals surface area contributed by atoms with Gasteiger partial charge in [-0.15, -0.1) is 0 Å². The van der Waals surface area contributed by atoms with Gasteiger partial charge in [-0.05, 0) is 12.8 Å². The molecule has 0 radical (unpaired) electrons. The van der Waals surface area contributed by atoms with Gasteiger partial charge in [0.25, 0.3) is 0 Å². The second-order valence-electron chi connectivity index (χ2n) is 4.00. The van der Waals surface area contributed by atoms with Crippen LogP contribution in [0.1, 0.15) is 31.5 Å². The SMILES string of the molecule is c1cn(CCCCCCc2ncc[nH]2)cn1. The topological polar surface area (TPSA) is 46.5 Å². The average molecular weight is 218 g/mol. The zero-order valence-electron chi connectivity index (χ0n) is 9.47. The maximum absolute atomic E-state index is 4.21. The highest BCUT2D eigenvalue weighted by molar-refractivity contribution is 4.86. The molecule has 4 heteroatoms. The smallest absolute Gasteiger partial charge is 0.105 e. The maximum atomic E-state index is 4.21. The predicted octanol–water partition coefficient (Wildman–Crippen LogP) is 2.41. The Hall–Kier alpha value is -1.58. The summed E-state index contributed by atoms with van der Waals surface area (Å²) in [5, 5.41) is 0. The van der Waals surface area contributed by atoms with Gasteiger partial charge in [-0.25, -0.2) is 9.97 Å². The van der Waals surface area contributed by atoms with Gasteiger partial charge in [-0.1, -0.05) is 12.8 Å². The predicted molar refractivity (Wildman–Crippen MR) is 63.0 cm³/mol. The molecule has 0 unspecified atom stereocenters. The van der Waals surface area contributed by atoms with Crippen LogP contribution in [0.2, 0.25) is 0 Å². The van der Waals surface area contributed by atoms with E-state index in [9.17, 15) is 0 Å². The molecule has 4 nitrogen and oxygen atoms in total. The molecule has 0 aliphatic carbocycles. The zero-order valence-corrected chi connectivity index (χ0v) is 9.47. The van der Waals surface area contributed by atoms with E-state index in [4.69, 9.17) is 0 Å². The summed E-state index contributed by atoms with van der Waals surface area (Å²) in [5.74, 6) is 1.11. The van der Waals surface area contributed by atoms with Gasteiger partial charge in [0.1, 0.15) is 5.82 Å². The summed E-state index contributed by atoms with van der Waals surface area (Å²) in [6.07, 6.45) is 15.5. The maximum Gasteiger partial charge on any atom is 0.105 e. The number of nitrogens with zero attached hydrogens (tertiary/aromatic N) is 3. The summed E-state index contributed by atoms with van der Waals surface area (Å²) >= 11 is 0. The molecule has 0 fully saturated rings. The van der Waals surface area contributed by atoms with Crippen molar-refractivity contribution in [1.82, 2.24) is 19.5 Å². The average Bonchev–Trinajstić information content (AvgIpc) is 2.96. The van der Waals surface area contributed by atoms with Crippen LogP contribution in [0.15, 0.2) is 31.1 Å². The largest absolute Gasteiger partial charge is 0.349 e. The standard InChI is InChI=1S/C12H18N4/c1(3-5-12-14-6-7-15-12)2-4-9-16-10-8-13-11-16/h6-8,10-11H,1-5,9H2,(H,14,15). The van der Waals surface area contributed by atoms with Crippen molar-refractivity contribution in [2.24, 2.45) is 0 Å².